The Morgan fingerprint density at radius 3 is 2.62 bits per heavy atom. The fourth-order valence-electron chi connectivity index (χ4n) is 0.744. The first-order valence-corrected chi connectivity index (χ1v) is 5.72. The number of thiophene rings is 1. The predicted molar refractivity (Wildman–Crippen MR) is 49.9 cm³/mol. The summed E-state index contributed by atoms with van der Waals surface area (Å²) in [6, 6.07) is 3.34. The molecule has 0 aromatic carbocycles. The quantitative estimate of drug-likeness (QED) is 0.737. The maximum absolute atomic E-state index is 11.6. The van der Waals surface area contributed by atoms with Gasteiger partial charge in [0.2, 0.25) is 0 Å². The van der Waals surface area contributed by atoms with E-state index in [4.69, 9.17) is 5.26 Å². The molecule has 0 saturated carbocycles. The summed E-state index contributed by atoms with van der Waals surface area (Å²) in [6.45, 7) is 0. The van der Waals surface area contributed by atoms with Gasteiger partial charge in [-0.15, -0.1) is 11.3 Å². The van der Waals surface area contributed by atoms with Gasteiger partial charge in [0, 0.05) is 14.1 Å². The van der Waals surface area contributed by atoms with Crippen LogP contribution in [0.15, 0.2) is 15.7 Å². The van der Waals surface area contributed by atoms with Crippen molar-refractivity contribution in [2.45, 2.75) is 4.21 Å². The van der Waals surface area contributed by atoms with Crippen LogP contribution in [0.5, 0.6) is 0 Å². The van der Waals surface area contributed by atoms with Gasteiger partial charge >= 0.3 is 0 Å². The van der Waals surface area contributed by atoms with E-state index in [0.717, 1.165) is 15.6 Å². The van der Waals surface area contributed by atoms with E-state index in [9.17, 15) is 8.42 Å². The smallest absolute Gasteiger partial charge is 0.206 e. The van der Waals surface area contributed by atoms with Crippen LogP contribution in [0, 0.1) is 11.3 Å². The summed E-state index contributed by atoms with van der Waals surface area (Å²) >= 11 is 1.06. The third kappa shape index (κ3) is 1.72. The van der Waals surface area contributed by atoms with Crippen LogP contribution in [0.25, 0.3) is 0 Å². The third-order valence-corrected chi connectivity index (χ3v) is 4.74. The van der Waals surface area contributed by atoms with Gasteiger partial charge in [0.25, 0.3) is 10.0 Å². The summed E-state index contributed by atoms with van der Waals surface area (Å²) in [5, 5.41) is 10.2. The molecule has 0 bridgehead atoms. The average Bonchev–Trinajstić information content (AvgIpc) is 2.51. The number of nitriles is 1. The van der Waals surface area contributed by atoms with Crippen LogP contribution in [0.1, 0.15) is 5.56 Å². The van der Waals surface area contributed by atoms with Crippen LogP contribution >= 0.6 is 11.3 Å². The van der Waals surface area contributed by atoms with E-state index in [1.807, 2.05) is 6.07 Å². The highest BCUT2D eigenvalue weighted by molar-refractivity contribution is 7.91. The number of hydrogen-bond donors (Lipinski definition) is 0. The van der Waals surface area contributed by atoms with Crippen LogP contribution in [0.4, 0.5) is 0 Å². The minimum atomic E-state index is -3.45. The van der Waals surface area contributed by atoms with Crippen molar-refractivity contribution in [3.8, 4) is 6.07 Å². The first kappa shape index (κ1) is 10.2. The highest BCUT2D eigenvalue weighted by atomic mass is 32.2. The Morgan fingerprint density at radius 2 is 2.15 bits per heavy atom. The van der Waals surface area contributed by atoms with Gasteiger partial charge in [-0.05, 0) is 11.4 Å². The Hall–Kier alpha value is -0.900. The Kier molecular flexibility index (Phi) is 2.71. The van der Waals surface area contributed by atoms with Crippen LogP contribution in [0.3, 0.4) is 0 Å². The zero-order chi connectivity index (χ0) is 10.1. The average molecular weight is 216 g/mol. The van der Waals surface area contributed by atoms with E-state index in [1.54, 1.807) is 5.38 Å². The lowest BCUT2D eigenvalue weighted by atomic mass is 10.4. The van der Waals surface area contributed by atoms with Crippen molar-refractivity contribution in [2.75, 3.05) is 14.1 Å². The van der Waals surface area contributed by atoms with Gasteiger partial charge in [-0.25, -0.2) is 12.7 Å². The van der Waals surface area contributed by atoms with Crippen molar-refractivity contribution >= 4 is 21.4 Å². The molecule has 1 rings (SSSR count). The number of nitrogens with zero attached hydrogens (tertiary/aromatic N) is 2. The van der Waals surface area contributed by atoms with Crippen molar-refractivity contribution in [3.63, 3.8) is 0 Å². The Labute approximate surface area is 81.1 Å². The third-order valence-electron chi connectivity index (χ3n) is 1.47. The fourth-order valence-corrected chi connectivity index (χ4v) is 3.14. The molecule has 0 aliphatic carbocycles. The predicted octanol–water partition coefficient (Wildman–Crippen LogP) is 0.870. The summed E-state index contributed by atoms with van der Waals surface area (Å²) in [5.41, 5.74) is 0.207. The summed E-state index contributed by atoms with van der Waals surface area (Å²) in [6.07, 6.45) is 0. The molecule has 0 aliphatic heterocycles. The van der Waals surface area contributed by atoms with Crippen LogP contribution in [-0.4, -0.2) is 26.8 Å². The standard InChI is InChI=1S/C7H8N2O2S2/c1-9(2)13(10,11)7-6(5-8)3-4-12-7/h3-4H,1-2H3. The van der Waals surface area contributed by atoms with E-state index in [2.05, 4.69) is 0 Å². The fraction of sp³-hybridized carbons (Fsp3) is 0.286. The normalized spacial score (nSPS) is 11.5. The molecule has 6 heteroatoms. The summed E-state index contributed by atoms with van der Waals surface area (Å²) < 4.78 is 24.3. The SMILES string of the molecule is CN(C)S(=O)(=O)c1sccc1C#N. The second-order valence-corrected chi connectivity index (χ2v) is 5.78. The highest BCUT2D eigenvalue weighted by Gasteiger charge is 2.22. The Bertz CT molecular complexity index is 439. The van der Waals surface area contributed by atoms with E-state index in [1.165, 1.54) is 20.2 Å². The Balaban J connectivity index is 3.33. The molecule has 0 aliphatic rings. The maximum atomic E-state index is 11.6. The number of rotatable bonds is 2. The lowest BCUT2D eigenvalue weighted by molar-refractivity contribution is 0.523. The van der Waals surface area contributed by atoms with Crippen molar-refractivity contribution in [1.29, 1.82) is 5.26 Å². The molecule has 0 N–H and O–H groups in total. The zero-order valence-electron chi connectivity index (χ0n) is 7.18. The molecule has 0 radical (unpaired) electrons. The molecule has 1 aromatic rings. The molecule has 0 saturated heterocycles. The first-order chi connectivity index (χ1) is 6.00. The molecule has 0 fully saturated rings. The maximum Gasteiger partial charge on any atom is 0.253 e. The first-order valence-electron chi connectivity index (χ1n) is 3.40. The van der Waals surface area contributed by atoms with Gasteiger partial charge in [-0.2, -0.15) is 5.26 Å². The van der Waals surface area contributed by atoms with Gasteiger partial charge in [0.15, 0.2) is 4.21 Å². The lowest BCUT2D eigenvalue weighted by Gasteiger charge is -2.08. The van der Waals surface area contributed by atoms with Crippen molar-refractivity contribution in [2.24, 2.45) is 0 Å². The molecule has 70 valence electrons. The van der Waals surface area contributed by atoms with Gasteiger partial charge in [-0.1, -0.05) is 0 Å². The van der Waals surface area contributed by atoms with E-state index in [-0.39, 0.29) is 9.77 Å². The monoisotopic (exact) mass is 216 g/mol. The van der Waals surface area contributed by atoms with Crippen molar-refractivity contribution in [3.05, 3.63) is 17.0 Å². The second-order valence-electron chi connectivity index (χ2n) is 2.52. The lowest BCUT2D eigenvalue weighted by Crippen LogP contribution is -2.21. The molecule has 1 aromatic heterocycles. The molecule has 0 amide bonds. The molecule has 0 atom stereocenters. The topological polar surface area (TPSA) is 61.2 Å². The molecule has 4 nitrogen and oxygen atoms in total. The van der Waals surface area contributed by atoms with Crippen LogP contribution in [-0.2, 0) is 10.0 Å². The van der Waals surface area contributed by atoms with Crippen LogP contribution in [0.2, 0.25) is 0 Å². The largest absolute Gasteiger partial charge is 0.253 e. The number of hydrogen-bond acceptors (Lipinski definition) is 4. The summed E-state index contributed by atoms with van der Waals surface area (Å²) in [5.74, 6) is 0. The highest BCUT2D eigenvalue weighted by Crippen LogP contribution is 2.23. The van der Waals surface area contributed by atoms with Crippen molar-refractivity contribution < 1.29 is 8.42 Å². The van der Waals surface area contributed by atoms with Gasteiger partial charge < -0.3 is 0 Å². The molecular formula is C7H8N2O2S2. The minimum Gasteiger partial charge on any atom is -0.206 e. The zero-order valence-corrected chi connectivity index (χ0v) is 8.82. The second kappa shape index (κ2) is 3.46. The van der Waals surface area contributed by atoms with E-state index < -0.39 is 10.0 Å². The number of sulfonamides is 1. The molecular weight excluding hydrogens is 208 g/mol. The van der Waals surface area contributed by atoms with Gasteiger partial charge in [0.05, 0.1) is 5.56 Å². The molecule has 0 spiro atoms. The van der Waals surface area contributed by atoms with Crippen molar-refractivity contribution in [1.82, 2.24) is 4.31 Å². The molecule has 1 heterocycles. The van der Waals surface area contributed by atoms with Gasteiger partial charge in [-0.3, -0.25) is 0 Å². The van der Waals surface area contributed by atoms with Gasteiger partial charge in [0.1, 0.15) is 6.07 Å². The molecule has 13 heavy (non-hydrogen) atoms. The minimum absolute atomic E-state index is 0.111. The van der Waals surface area contributed by atoms with E-state index in [0.29, 0.717) is 0 Å². The Morgan fingerprint density at radius 1 is 1.54 bits per heavy atom. The van der Waals surface area contributed by atoms with E-state index >= 15 is 0 Å². The molecule has 0 unspecified atom stereocenters. The summed E-state index contributed by atoms with van der Waals surface area (Å²) in [4.78, 5) is 0. The van der Waals surface area contributed by atoms with Crippen LogP contribution < -0.4 is 0 Å². The summed E-state index contributed by atoms with van der Waals surface area (Å²) in [7, 11) is -0.566.